The van der Waals surface area contributed by atoms with Crippen molar-refractivity contribution in [3.05, 3.63) is 89.1 Å². The number of aromatic nitrogens is 1. The van der Waals surface area contributed by atoms with Crippen molar-refractivity contribution in [2.24, 2.45) is 0 Å². The number of Topliss-reactive ketones (excluding diaryl/α,β-unsaturated/α-hetero) is 1. The average molecular weight is 461 g/mol. The zero-order valence-electron chi connectivity index (χ0n) is 17.9. The van der Waals surface area contributed by atoms with Crippen LogP contribution in [0.5, 0.6) is 5.75 Å². The van der Waals surface area contributed by atoms with Crippen LogP contribution < -0.4 is 9.64 Å². The molecule has 0 saturated carbocycles. The lowest BCUT2D eigenvalue weighted by atomic mass is 9.95. The number of fused-ring (bicyclic) bond motifs is 1. The second-order valence-electron chi connectivity index (χ2n) is 7.57. The Morgan fingerprint density at radius 2 is 2.00 bits per heavy atom. The third-order valence-corrected chi connectivity index (χ3v) is 6.70. The molecule has 2 aromatic heterocycles. The minimum Gasteiger partial charge on any atom is -0.503 e. The molecular weight excluding hydrogens is 440 g/mol. The first-order chi connectivity index (χ1) is 16.0. The van der Waals surface area contributed by atoms with Gasteiger partial charge >= 0.3 is 0 Å². The number of thiazole rings is 1. The van der Waals surface area contributed by atoms with Gasteiger partial charge < -0.3 is 14.3 Å². The first-order valence-electron chi connectivity index (χ1n) is 10.4. The number of aliphatic hydroxyl groups is 1. The van der Waals surface area contributed by atoms with E-state index in [1.165, 1.54) is 28.6 Å². The predicted molar refractivity (Wildman–Crippen MR) is 125 cm³/mol. The summed E-state index contributed by atoms with van der Waals surface area (Å²) in [5.74, 6) is -1.16. The molecule has 0 radical (unpaired) electrons. The second kappa shape index (κ2) is 8.22. The summed E-state index contributed by atoms with van der Waals surface area (Å²) in [6.07, 6.45) is 2.26. The van der Waals surface area contributed by atoms with E-state index in [0.29, 0.717) is 16.4 Å². The van der Waals surface area contributed by atoms with E-state index in [1.807, 2.05) is 18.2 Å². The molecule has 2 aromatic carbocycles. The molecule has 7 nitrogen and oxygen atoms in total. The number of aliphatic hydroxyl groups excluding tert-OH is 1. The molecule has 1 atom stereocenters. The third kappa shape index (κ3) is 3.48. The minimum atomic E-state index is -0.868. The Labute approximate surface area is 193 Å². The van der Waals surface area contributed by atoms with E-state index < -0.39 is 23.5 Å². The van der Waals surface area contributed by atoms with Crippen LogP contribution in [0, 0.1) is 0 Å². The van der Waals surface area contributed by atoms with Crippen molar-refractivity contribution >= 4 is 38.4 Å². The normalized spacial score (nSPS) is 16.1. The summed E-state index contributed by atoms with van der Waals surface area (Å²) >= 11 is 1.34. The summed E-state index contributed by atoms with van der Waals surface area (Å²) in [6.45, 7) is 2.07. The molecule has 1 amide bonds. The number of amides is 1. The van der Waals surface area contributed by atoms with Crippen molar-refractivity contribution < 1.29 is 23.8 Å². The molecule has 166 valence electrons. The maximum absolute atomic E-state index is 13.3. The van der Waals surface area contributed by atoms with Crippen LogP contribution in [-0.4, -0.2) is 28.9 Å². The van der Waals surface area contributed by atoms with Gasteiger partial charge in [-0.25, -0.2) is 4.98 Å². The molecule has 4 aromatic rings. The summed E-state index contributed by atoms with van der Waals surface area (Å²) in [5, 5.41) is 11.2. The van der Waals surface area contributed by atoms with Crippen LogP contribution in [0.25, 0.3) is 10.2 Å². The van der Waals surface area contributed by atoms with Crippen molar-refractivity contribution in [1.29, 1.82) is 0 Å². The van der Waals surface area contributed by atoms with Crippen LogP contribution in [-0.2, 0) is 11.2 Å². The van der Waals surface area contributed by atoms with Gasteiger partial charge in [-0.15, -0.1) is 0 Å². The Morgan fingerprint density at radius 1 is 1.21 bits per heavy atom. The Kier molecular flexibility index (Phi) is 5.22. The monoisotopic (exact) mass is 460 g/mol. The highest BCUT2D eigenvalue weighted by molar-refractivity contribution is 7.22. The van der Waals surface area contributed by atoms with E-state index in [4.69, 9.17) is 9.15 Å². The summed E-state index contributed by atoms with van der Waals surface area (Å²) < 4.78 is 11.4. The standard InChI is InChI=1S/C25H20N2O5S/c1-3-14-6-11-17-19(13-14)33-25(26-17)27-21(15-7-9-16(31-2)10-8-15)20(23(29)24(27)30)22(28)18-5-4-12-32-18/h4-13,21,29H,3H2,1-2H3/t21-/m1/s1. The van der Waals surface area contributed by atoms with Gasteiger partial charge in [0, 0.05) is 0 Å². The Morgan fingerprint density at radius 3 is 2.67 bits per heavy atom. The Bertz CT molecular complexity index is 1390. The first kappa shape index (κ1) is 21.0. The van der Waals surface area contributed by atoms with E-state index in [-0.39, 0.29) is 11.3 Å². The molecule has 0 fully saturated rings. The van der Waals surface area contributed by atoms with Crippen LogP contribution >= 0.6 is 11.3 Å². The summed E-state index contributed by atoms with van der Waals surface area (Å²) in [6, 6.07) is 15.2. The minimum absolute atomic E-state index is 0.0431. The largest absolute Gasteiger partial charge is 0.503 e. The highest BCUT2D eigenvalue weighted by Crippen LogP contribution is 2.44. The number of carbonyl (C=O) groups is 2. The van der Waals surface area contributed by atoms with Crippen LogP contribution in [0.3, 0.4) is 0 Å². The van der Waals surface area contributed by atoms with E-state index in [2.05, 4.69) is 11.9 Å². The lowest BCUT2D eigenvalue weighted by Gasteiger charge is -2.24. The number of ether oxygens (including phenoxy) is 1. The van der Waals surface area contributed by atoms with Crippen molar-refractivity contribution in [2.45, 2.75) is 19.4 Å². The maximum atomic E-state index is 13.3. The molecule has 8 heteroatoms. The van der Waals surface area contributed by atoms with Crippen LogP contribution in [0.4, 0.5) is 5.13 Å². The van der Waals surface area contributed by atoms with E-state index in [0.717, 1.165) is 22.2 Å². The molecule has 0 saturated heterocycles. The molecule has 1 N–H and O–H groups in total. The van der Waals surface area contributed by atoms with E-state index >= 15 is 0 Å². The Hall–Kier alpha value is -3.91. The summed E-state index contributed by atoms with van der Waals surface area (Å²) in [4.78, 5) is 32.6. The number of benzene rings is 2. The molecule has 0 unspecified atom stereocenters. The molecule has 1 aliphatic heterocycles. The molecule has 0 bridgehead atoms. The molecule has 1 aliphatic rings. The highest BCUT2D eigenvalue weighted by Gasteiger charge is 2.46. The summed E-state index contributed by atoms with van der Waals surface area (Å²) in [7, 11) is 1.56. The van der Waals surface area contributed by atoms with Gasteiger partial charge in [-0.3, -0.25) is 14.5 Å². The fourth-order valence-corrected chi connectivity index (χ4v) is 5.01. The number of furan rings is 1. The molecule has 33 heavy (non-hydrogen) atoms. The number of aryl methyl sites for hydroxylation is 1. The molecular formula is C25H20N2O5S. The first-order valence-corrected chi connectivity index (χ1v) is 11.2. The molecule has 3 heterocycles. The van der Waals surface area contributed by atoms with Crippen molar-refractivity contribution in [2.75, 3.05) is 12.0 Å². The average Bonchev–Trinajstić information content (AvgIpc) is 3.57. The molecule has 5 rings (SSSR count). The number of rotatable bonds is 6. The van der Waals surface area contributed by atoms with Crippen molar-refractivity contribution in [1.82, 2.24) is 4.98 Å². The number of hydrogen-bond donors (Lipinski definition) is 1. The van der Waals surface area contributed by atoms with Gasteiger partial charge in [0.15, 0.2) is 16.7 Å². The lowest BCUT2D eigenvalue weighted by Crippen LogP contribution is -2.30. The van der Waals surface area contributed by atoms with Gasteiger partial charge in [0.25, 0.3) is 5.91 Å². The number of ketones is 1. The fraction of sp³-hybridized carbons (Fsp3) is 0.160. The van der Waals surface area contributed by atoms with Gasteiger partial charge in [0.1, 0.15) is 5.75 Å². The number of nitrogens with zero attached hydrogens (tertiary/aromatic N) is 2. The molecule has 0 aliphatic carbocycles. The van der Waals surface area contributed by atoms with Gasteiger partial charge in [-0.1, -0.05) is 36.5 Å². The second-order valence-corrected chi connectivity index (χ2v) is 8.58. The van der Waals surface area contributed by atoms with E-state index in [9.17, 15) is 14.7 Å². The fourth-order valence-electron chi connectivity index (χ4n) is 3.96. The lowest BCUT2D eigenvalue weighted by molar-refractivity contribution is -0.117. The quantitative estimate of drug-likeness (QED) is 0.396. The van der Waals surface area contributed by atoms with Gasteiger partial charge in [0.2, 0.25) is 5.78 Å². The topological polar surface area (TPSA) is 92.9 Å². The van der Waals surface area contributed by atoms with Crippen LogP contribution in [0.15, 0.2) is 76.6 Å². The number of carbonyl (C=O) groups excluding carboxylic acids is 2. The highest BCUT2D eigenvalue weighted by atomic mass is 32.1. The van der Waals surface area contributed by atoms with Crippen molar-refractivity contribution in [3.63, 3.8) is 0 Å². The smallest absolute Gasteiger partial charge is 0.296 e. The van der Waals surface area contributed by atoms with Crippen LogP contribution in [0.2, 0.25) is 0 Å². The van der Waals surface area contributed by atoms with E-state index in [1.54, 1.807) is 37.4 Å². The molecule has 0 spiro atoms. The third-order valence-electron chi connectivity index (χ3n) is 5.69. The zero-order chi connectivity index (χ0) is 23.1. The number of anilines is 1. The zero-order valence-corrected chi connectivity index (χ0v) is 18.8. The Balaban J connectivity index is 1.66. The number of hydrogen-bond acceptors (Lipinski definition) is 7. The predicted octanol–water partition coefficient (Wildman–Crippen LogP) is 5.24. The summed E-state index contributed by atoms with van der Waals surface area (Å²) in [5.41, 5.74) is 2.50. The maximum Gasteiger partial charge on any atom is 0.296 e. The SMILES string of the molecule is CCc1ccc2nc(N3C(=O)C(O)=C(C(=O)c4ccco4)[C@H]3c3ccc(OC)cc3)sc2c1. The van der Waals surface area contributed by atoms with Gasteiger partial charge in [-0.05, 0) is 53.9 Å². The number of methoxy groups -OCH3 is 1. The van der Waals surface area contributed by atoms with Crippen molar-refractivity contribution in [3.8, 4) is 5.75 Å². The van der Waals surface area contributed by atoms with Gasteiger partial charge in [-0.2, -0.15) is 0 Å². The van der Waals surface area contributed by atoms with Crippen LogP contribution in [0.1, 0.15) is 34.6 Å². The van der Waals surface area contributed by atoms with Gasteiger partial charge in [0.05, 0.1) is 35.2 Å².